The fourth-order valence-corrected chi connectivity index (χ4v) is 1.78. The molecule has 0 heterocycles. The zero-order valence-electron chi connectivity index (χ0n) is 10.9. The SMILES string of the molecule is CCC(O)c1ccc(OC(C)C)c(C)c1C. The average Bonchev–Trinajstić information content (AvgIpc) is 2.23. The highest BCUT2D eigenvalue weighted by Crippen LogP contribution is 2.29. The van der Waals surface area contributed by atoms with Gasteiger partial charge in [-0.05, 0) is 56.9 Å². The Morgan fingerprint density at radius 1 is 1.19 bits per heavy atom. The Morgan fingerprint density at radius 3 is 2.31 bits per heavy atom. The molecule has 0 radical (unpaired) electrons. The topological polar surface area (TPSA) is 29.5 Å². The molecule has 1 atom stereocenters. The second-order valence-electron chi connectivity index (χ2n) is 4.49. The Balaban J connectivity index is 3.08. The second-order valence-corrected chi connectivity index (χ2v) is 4.49. The van der Waals surface area contributed by atoms with Gasteiger partial charge in [0.25, 0.3) is 0 Å². The molecule has 0 amide bonds. The third-order valence-corrected chi connectivity index (χ3v) is 2.89. The molecule has 0 aromatic heterocycles. The lowest BCUT2D eigenvalue weighted by Crippen LogP contribution is -2.08. The van der Waals surface area contributed by atoms with Crippen molar-refractivity contribution in [1.29, 1.82) is 0 Å². The molecule has 0 fully saturated rings. The van der Waals surface area contributed by atoms with E-state index in [-0.39, 0.29) is 12.2 Å². The average molecular weight is 222 g/mol. The number of hydrogen-bond acceptors (Lipinski definition) is 2. The number of aliphatic hydroxyl groups is 1. The molecule has 2 heteroatoms. The molecule has 90 valence electrons. The van der Waals surface area contributed by atoms with Crippen LogP contribution in [0.4, 0.5) is 0 Å². The molecular formula is C14H22O2. The highest BCUT2D eigenvalue weighted by molar-refractivity contribution is 5.44. The summed E-state index contributed by atoms with van der Waals surface area (Å²) in [6.45, 7) is 10.1. The Kier molecular flexibility index (Phi) is 4.36. The normalized spacial score (nSPS) is 12.9. The molecule has 1 aromatic carbocycles. The second kappa shape index (κ2) is 5.35. The minimum absolute atomic E-state index is 0.181. The van der Waals surface area contributed by atoms with Crippen LogP contribution in [-0.4, -0.2) is 11.2 Å². The van der Waals surface area contributed by atoms with Gasteiger partial charge >= 0.3 is 0 Å². The van der Waals surface area contributed by atoms with E-state index in [1.807, 2.05) is 46.8 Å². The van der Waals surface area contributed by atoms with Gasteiger partial charge in [-0.1, -0.05) is 13.0 Å². The Labute approximate surface area is 98.3 Å². The summed E-state index contributed by atoms with van der Waals surface area (Å²) in [5.41, 5.74) is 3.27. The minimum atomic E-state index is -0.369. The van der Waals surface area contributed by atoms with Gasteiger partial charge < -0.3 is 9.84 Å². The monoisotopic (exact) mass is 222 g/mol. The van der Waals surface area contributed by atoms with Gasteiger partial charge in [0.1, 0.15) is 5.75 Å². The van der Waals surface area contributed by atoms with E-state index in [4.69, 9.17) is 4.74 Å². The maximum absolute atomic E-state index is 9.87. The molecule has 1 unspecified atom stereocenters. The van der Waals surface area contributed by atoms with Crippen LogP contribution < -0.4 is 4.74 Å². The molecule has 0 aliphatic rings. The zero-order valence-corrected chi connectivity index (χ0v) is 10.9. The van der Waals surface area contributed by atoms with Crippen LogP contribution >= 0.6 is 0 Å². The lowest BCUT2D eigenvalue weighted by molar-refractivity contribution is 0.172. The molecular weight excluding hydrogens is 200 g/mol. The van der Waals surface area contributed by atoms with E-state index in [1.165, 1.54) is 0 Å². The van der Waals surface area contributed by atoms with Crippen LogP contribution in [0.5, 0.6) is 5.75 Å². The molecule has 0 saturated heterocycles. The first-order valence-electron chi connectivity index (χ1n) is 5.92. The first kappa shape index (κ1) is 13.0. The Hall–Kier alpha value is -1.02. The summed E-state index contributed by atoms with van der Waals surface area (Å²) in [5, 5.41) is 9.87. The fourth-order valence-electron chi connectivity index (χ4n) is 1.78. The largest absolute Gasteiger partial charge is 0.491 e. The van der Waals surface area contributed by atoms with Crippen molar-refractivity contribution < 1.29 is 9.84 Å². The minimum Gasteiger partial charge on any atom is -0.491 e. The number of aliphatic hydroxyl groups excluding tert-OH is 1. The maximum atomic E-state index is 9.87. The predicted octanol–water partition coefficient (Wildman–Crippen LogP) is 3.53. The molecule has 0 saturated carbocycles. The quantitative estimate of drug-likeness (QED) is 0.844. The smallest absolute Gasteiger partial charge is 0.122 e. The maximum Gasteiger partial charge on any atom is 0.122 e. The van der Waals surface area contributed by atoms with Gasteiger partial charge in [0.15, 0.2) is 0 Å². The fraction of sp³-hybridized carbons (Fsp3) is 0.571. The van der Waals surface area contributed by atoms with Crippen molar-refractivity contribution in [2.45, 2.75) is 53.2 Å². The summed E-state index contributed by atoms with van der Waals surface area (Å²) in [4.78, 5) is 0. The van der Waals surface area contributed by atoms with Crippen molar-refractivity contribution in [3.05, 3.63) is 28.8 Å². The molecule has 0 spiro atoms. The molecule has 1 aromatic rings. The highest BCUT2D eigenvalue weighted by Gasteiger charge is 2.13. The van der Waals surface area contributed by atoms with Gasteiger partial charge in [0.05, 0.1) is 12.2 Å². The van der Waals surface area contributed by atoms with Crippen LogP contribution in [0, 0.1) is 13.8 Å². The van der Waals surface area contributed by atoms with Crippen molar-refractivity contribution in [2.24, 2.45) is 0 Å². The van der Waals surface area contributed by atoms with Crippen LogP contribution in [0.1, 0.15) is 50.0 Å². The summed E-state index contributed by atoms with van der Waals surface area (Å²) in [5.74, 6) is 0.916. The van der Waals surface area contributed by atoms with Crippen molar-refractivity contribution in [2.75, 3.05) is 0 Å². The number of rotatable bonds is 4. The van der Waals surface area contributed by atoms with Gasteiger partial charge in [-0.25, -0.2) is 0 Å². The van der Waals surface area contributed by atoms with Crippen LogP contribution in [0.15, 0.2) is 12.1 Å². The summed E-state index contributed by atoms with van der Waals surface area (Å²) in [6, 6.07) is 3.92. The molecule has 0 aliphatic heterocycles. The third kappa shape index (κ3) is 2.76. The van der Waals surface area contributed by atoms with E-state index in [2.05, 4.69) is 0 Å². The third-order valence-electron chi connectivity index (χ3n) is 2.89. The van der Waals surface area contributed by atoms with Gasteiger partial charge in [-0.15, -0.1) is 0 Å². The van der Waals surface area contributed by atoms with E-state index in [0.717, 1.165) is 28.9 Å². The number of hydrogen-bond donors (Lipinski definition) is 1. The number of benzene rings is 1. The van der Waals surface area contributed by atoms with Gasteiger partial charge in [0, 0.05) is 0 Å². The molecule has 1 rings (SSSR count). The first-order chi connectivity index (χ1) is 7.47. The van der Waals surface area contributed by atoms with Gasteiger partial charge in [0.2, 0.25) is 0 Å². The number of ether oxygens (including phenoxy) is 1. The Morgan fingerprint density at radius 2 is 1.81 bits per heavy atom. The molecule has 16 heavy (non-hydrogen) atoms. The Bertz CT molecular complexity index is 356. The first-order valence-corrected chi connectivity index (χ1v) is 5.92. The van der Waals surface area contributed by atoms with Gasteiger partial charge in [-0.2, -0.15) is 0 Å². The standard InChI is InChI=1S/C14H22O2/c1-6-13(15)12-7-8-14(16-9(2)3)11(5)10(12)4/h7-9,13,15H,6H2,1-5H3. The lowest BCUT2D eigenvalue weighted by Gasteiger charge is -2.18. The van der Waals surface area contributed by atoms with Crippen molar-refractivity contribution in [3.63, 3.8) is 0 Å². The van der Waals surface area contributed by atoms with E-state index < -0.39 is 0 Å². The van der Waals surface area contributed by atoms with E-state index >= 15 is 0 Å². The van der Waals surface area contributed by atoms with E-state index in [9.17, 15) is 5.11 Å². The van der Waals surface area contributed by atoms with E-state index in [0.29, 0.717) is 0 Å². The zero-order chi connectivity index (χ0) is 12.3. The van der Waals surface area contributed by atoms with E-state index in [1.54, 1.807) is 0 Å². The molecule has 2 nitrogen and oxygen atoms in total. The summed E-state index contributed by atoms with van der Waals surface area (Å²) in [6.07, 6.45) is 0.553. The summed E-state index contributed by atoms with van der Waals surface area (Å²) in [7, 11) is 0. The van der Waals surface area contributed by atoms with Crippen LogP contribution in [0.2, 0.25) is 0 Å². The van der Waals surface area contributed by atoms with Crippen LogP contribution in [0.3, 0.4) is 0 Å². The van der Waals surface area contributed by atoms with Crippen LogP contribution in [0.25, 0.3) is 0 Å². The van der Waals surface area contributed by atoms with Crippen molar-refractivity contribution in [1.82, 2.24) is 0 Å². The molecule has 0 bridgehead atoms. The van der Waals surface area contributed by atoms with Gasteiger partial charge in [-0.3, -0.25) is 0 Å². The lowest BCUT2D eigenvalue weighted by atomic mass is 9.97. The summed E-state index contributed by atoms with van der Waals surface area (Å²) < 4.78 is 5.71. The van der Waals surface area contributed by atoms with Crippen molar-refractivity contribution in [3.8, 4) is 5.75 Å². The predicted molar refractivity (Wildman–Crippen MR) is 66.9 cm³/mol. The highest BCUT2D eigenvalue weighted by atomic mass is 16.5. The van der Waals surface area contributed by atoms with Crippen LogP contribution in [-0.2, 0) is 0 Å². The van der Waals surface area contributed by atoms with Crippen molar-refractivity contribution >= 4 is 0 Å². The molecule has 1 N–H and O–H groups in total. The summed E-state index contributed by atoms with van der Waals surface area (Å²) >= 11 is 0. The molecule has 0 aliphatic carbocycles.